The van der Waals surface area contributed by atoms with Gasteiger partial charge in [0.05, 0.1) is 23.8 Å². The molecule has 0 aliphatic carbocycles. The summed E-state index contributed by atoms with van der Waals surface area (Å²) in [6, 6.07) is 68.5. The first-order valence-electron chi connectivity index (χ1n) is 18.8. The molecule has 0 fully saturated rings. The van der Waals surface area contributed by atoms with E-state index in [4.69, 9.17) is 0 Å². The van der Waals surface area contributed by atoms with E-state index in [1.54, 1.807) is 0 Å². The average Bonchev–Trinajstić information content (AvgIpc) is 3.67. The molecule has 3 heterocycles. The normalized spacial score (nSPS) is 10.9. The third-order valence-electron chi connectivity index (χ3n) is 10.2. The van der Waals surface area contributed by atoms with Gasteiger partial charge in [0, 0.05) is 53.6 Å². The van der Waals surface area contributed by atoms with Crippen molar-refractivity contribution in [2.24, 2.45) is 7.05 Å². The van der Waals surface area contributed by atoms with Crippen LogP contribution in [0.3, 0.4) is 0 Å². The molecule has 5 nitrogen and oxygen atoms in total. The summed E-state index contributed by atoms with van der Waals surface area (Å²) in [5.41, 5.74) is 15.6. The Morgan fingerprint density at radius 3 is 0.946 bits per heavy atom. The zero-order valence-corrected chi connectivity index (χ0v) is 31.0. The third-order valence-corrected chi connectivity index (χ3v) is 10.2. The van der Waals surface area contributed by atoms with Crippen molar-refractivity contribution in [1.82, 2.24) is 14.5 Å². The highest BCUT2D eigenvalue weighted by molar-refractivity contribution is 5.82. The fourth-order valence-corrected chi connectivity index (χ4v) is 7.39. The van der Waals surface area contributed by atoms with E-state index in [1.165, 1.54) is 22.3 Å². The summed E-state index contributed by atoms with van der Waals surface area (Å²) in [5.74, 6) is 0. The Balaban J connectivity index is 0.982. The third kappa shape index (κ3) is 6.97. The van der Waals surface area contributed by atoms with Gasteiger partial charge in [-0.25, -0.2) is 0 Å². The van der Waals surface area contributed by atoms with E-state index in [0.29, 0.717) is 0 Å². The molecule has 0 saturated heterocycles. The van der Waals surface area contributed by atoms with Gasteiger partial charge < -0.3 is 14.4 Å². The fraction of sp³-hybridized carbons (Fsp3) is 0.0196. The zero-order chi connectivity index (χ0) is 37.7. The molecule has 9 rings (SSSR count). The first kappa shape index (κ1) is 34.3. The monoisotopic (exact) mass is 721 g/mol. The van der Waals surface area contributed by atoms with Crippen molar-refractivity contribution < 1.29 is 0 Å². The second-order valence-corrected chi connectivity index (χ2v) is 13.7. The highest BCUT2D eigenvalue weighted by Gasteiger charge is 2.17. The number of pyridine rings is 2. The quantitative estimate of drug-likeness (QED) is 0.141. The summed E-state index contributed by atoms with van der Waals surface area (Å²) >= 11 is 0. The highest BCUT2D eigenvalue weighted by Crippen LogP contribution is 2.39. The summed E-state index contributed by atoms with van der Waals surface area (Å²) in [4.78, 5) is 13.4. The smallest absolute Gasteiger partial charge is 0.0644 e. The van der Waals surface area contributed by atoms with Gasteiger partial charge in [0.15, 0.2) is 0 Å². The lowest BCUT2D eigenvalue weighted by molar-refractivity contribution is 0.946. The molecular formula is C51H39N5. The first-order valence-corrected chi connectivity index (χ1v) is 18.8. The SMILES string of the molecule is Cn1c(-c2ccc(N(c3ccc(-c4ccccc4)cc3)c3cccnc3)cc2)ccc1-c1ccc(N(c2ccc(-c3ccccc3)cc2)c2cccnc2)cc1. The molecule has 0 aliphatic rings. The first-order chi connectivity index (χ1) is 27.7. The highest BCUT2D eigenvalue weighted by atomic mass is 15.2. The Hall–Kier alpha value is -7.50. The van der Waals surface area contributed by atoms with Crippen LogP contribution in [0.2, 0.25) is 0 Å². The van der Waals surface area contributed by atoms with E-state index in [0.717, 1.165) is 56.6 Å². The van der Waals surface area contributed by atoms with E-state index in [2.05, 4.69) is 201 Å². The van der Waals surface area contributed by atoms with Crippen molar-refractivity contribution in [2.45, 2.75) is 0 Å². The molecule has 9 aromatic rings. The number of hydrogen-bond donors (Lipinski definition) is 0. The van der Waals surface area contributed by atoms with Gasteiger partial charge in [-0.3, -0.25) is 9.97 Å². The van der Waals surface area contributed by atoms with E-state index >= 15 is 0 Å². The van der Waals surface area contributed by atoms with Crippen molar-refractivity contribution in [3.05, 3.63) is 219 Å². The molecule has 268 valence electrons. The molecule has 6 aromatic carbocycles. The van der Waals surface area contributed by atoms with Crippen LogP contribution in [0, 0.1) is 0 Å². The lowest BCUT2D eigenvalue weighted by Gasteiger charge is -2.25. The molecule has 0 saturated carbocycles. The number of anilines is 6. The van der Waals surface area contributed by atoms with Crippen molar-refractivity contribution in [2.75, 3.05) is 9.80 Å². The van der Waals surface area contributed by atoms with Gasteiger partial charge in [-0.2, -0.15) is 0 Å². The van der Waals surface area contributed by atoms with Gasteiger partial charge in [-0.1, -0.05) is 109 Å². The Kier molecular flexibility index (Phi) is 9.47. The lowest BCUT2D eigenvalue weighted by Crippen LogP contribution is -2.10. The predicted octanol–water partition coefficient (Wildman–Crippen LogP) is 13.4. The van der Waals surface area contributed by atoms with Crippen LogP contribution < -0.4 is 9.80 Å². The number of benzene rings is 6. The maximum absolute atomic E-state index is 4.44. The van der Waals surface area contributed by atoms with Gasteiger partial charge in [0.25, 0.3) is 0 Å². The summed E-state index contributed by atoms with van der Waals surface area (Å²) in [6.45, 7) is 0. The lowest BCUT2D eigenvalue weighted by atomic mass is 10.0. The zero-order valence-electron chi connectivity index (χ0n) is 31.0. The minimum absolute atomic E-state index is 1.00. The van der Waals surface area contributed by atoms with Gasteiger partial charge in [0.1, 0.15) is 0 Å². The Morgan fingerprint density at radius 2 is 0.625 bits per heavy atom. The largest absolute Gasteiger partial charge is 0.344 e. The molecular weight excluding hydrogens is 683 g/mol. The summed E-state index contributed by atoms with van der Waals surface area (Å²) < 4.78 is 2.27. The van der Waals surface area contributed by atoms with E-state index < -0.39 is 0 Å². The van der Waals surface area contributed by atoms with Gasteiger partial charge in [-0.15, -0.1) is 0 Å². The van der Waals surface area contributed by atoms with E-state index in [1.807, 2.05) is 49.1 Å². The van der Waals surface area contributed by atoms with Crippen LogP contribution in [-0.4, -0.2) is 14.5 Å². The molecule has 0 atom stereocenters. The Labute approximate surface area is 328 Å². The summed E-state index contributed by atoms with van der Waals surface area (Å²) in [7, 11) is 2.14. The molecule has 0 N–H and O–H groups in total. The van der Waals surface area contributed by atoms with Crippen LogP contribution in [0.5, 0.6) is 0 Å². The average molecular weight is 722 g/mol. The topological polar surface area (TPSA) is 37.2 Å². The second-order valence-electron chi connectivity index (χ2n) is 13.7. The van der Waals surface area contributed by atoms with Crippen molar-refractivity contribution in [3.63, 3.8) is 0 Å². The second kappa shape index (κ2) is 15.5. The predicted molar refractivity (Wildman–Crippen MR) is 232 cm³/mol. The van der Waals surface area contributed by atoms with Crippen molar-refractivity contribution >= 4 is 34.1 Å². The summed E-state index contributed by atoms with van der Waals surface area (Å²) in [5, 5.41) is 0. The Bertz CT molecular complexity index is 2450. The molecule has 0 radical (unpaired) electrons. The standard InChI is InChI=1S/C51H39N5/c1-54-50(42-20-28-46(29-21-42)55(48-14-8-34-52-36-48)44-24-16-40(17-25-44)38-10-4-2-5-11-38)32-33-51(54)43-22-30-47(31-23-43)56(49-15-9-35-53-37-49)45-26-18-41(19-27-45)39-12-6-3-7-13-39/h2-37H,1H3. The van der Waals surface area contributed by atoms with Crippen molar-refractivity contribution in [1.29, 1.82) is 0 Å². The Morgan fingerprint density at radius 1 is 0.304 bits per heavy atom. The van der Waals surface area contributed by atoms with E-state index in [-0.39, 0.29) is 0 Å². The summed E-state index contributed by atoms with van der Waals surface area (Å²) in [6.07, 6.45) is 7.44. The minimum Gasteiger partial charge on any atom is -0.344 e. The van der Waals surface area contributed by atoms with Crippen LogP contribution in [0.15, 0.2) is 219 Å². The molecule has 0 aliphatic heterocycles. The maximum Gasteiger partial charge on any atom is 0.0644 e. The number of nitrogens with zero attached hydrogens (tertiary/aromatic N) is 5. The number of rotatable bonds is 10. The molecule has 5 heteroatoms. The number of hydrogen-bond acceptors (Lipinski definition) is 4. The fourth-order valence-electron chi connectivity index (χ4n) is 7.39. The molecule has 0 amide bonds. The van der Waals surface area contributed by atoms with E-state index in [9.17, 15) is 0 Å². The molecule has 0 bridgehead atoms. The number of aromatic nitrogens is 3. The van der Waals surface area contributed by atoms with Gasteiger partial charge in [0.2, 0.25) is 0 Å². The molecule has 0 spiro atoms. The van der Waals surface area contributed by atoms with Crippen LogP contribution >= 0.6 is 0 Å². The maximum atomic E-state index is 4.44. The minimum atomic E-state index is 1.00. The molecule has 3 aromatic heterocycles. The van der Waals surface area contributed by atoms with Crippen molar-refractivity contribution in [3.8, 4) is 44.8 Å². The molecule has 56 heavy (non-hydrogen) atoms. The van der Waals surface area contributed by atoms with Crippen LogP contribution in [0.1, 0.15) is 0 Å². The van der Waals surface area contributed by atoms with Crippen LogP contribution in [0.25, 0.3) is 44.8 Å². The van der Waals surface area contributed by atoms with Gasteiger partial charge >= 0.3 is 0 Å². The van der Waals surface area contributed by atoms with Crippen LogP contribution in [0.4, 0.5) is 34.1 Å². The van der Waals surface area contributed by atoms with Crippen LogP contribution in [-0.2, 0) is 7.05 Å². The van der Waals surface area contributed by atoms with Gasteiger partial charge in [-0.05, 0) is 118 Å². The molecule has 0 unspecified atom stereocenters.